The molecule has 3 aromatic rings. The van der Waals surface area contributed by atoms with E-state index in [9.17, 15) is 22.4 Å². The summed E-state index contributed by atoms with van der Waals surface area (Å²) in [6.07, 6.45) is 2.55. The van der Waals surface area contributed by atoms with Gasteiger partial charge < -0.3 is 5.32 Å². The van der Waals surface area contributed by atoms with Gasteiger partial charge in [0, 0.05) is 28.4 Å². The zero-order valence-corrected chi connectivity index (χ0v) is 13.7. The van der Waals surface area contributed by atoms with Gasteiger partial charge in [-0.3, -0.25) is 9.48 Å². The summed E-state index contributed by atoms with van der Waals surface area (Å²) in [4.78, 5) is 12.1. The molecule has 0 spiro atoms. The number of carbonyl (C=O) groups is 1. The van der Waals surface area contributed by atoms with Crippen LogP contribution in [0, 0.1) is 23.3 Å². The number of hydrogen-bond acceptors (Lipinski definition) is 2. The van der Waals surface area contributed by atoms with E-state index in [1.165, 1.54) is 24.5 Å². The van der Waals surface area contributed by atoms with Crippen LogP contribution in [0.25, 0.3) is 0 Å². The number of nitrogens with zero attached hydrogens (tertiary/aromatic N) is 2. The largest absolute Gasteiger partial charge is 0.319 e. The van der Waals surface area contributed by atoms with Crippen LogP contribution in [-0.2, 0) is 6.54 Å². The molecule has 2 aromatic carbocycles. The fourth-order valence-electron chi connectivity index (χ4n) is 2.23. The smallest absolute Gasteiger partial charge is 0.255 e. The van der Waals surface area contributed by atoms with Gasteiger partial charge >= 0.3 is 0 Å². The Balaban J connectivity index is 1.76. The van der Waals surface area contributed by atoms with Crippen LogP contribution >= 0.6 is 11.6 Å². The standard InChI is InChI=1S/C17H10ClF4N3O/c18-10-3-1-9(2-4-10)17(26)24-11-6-23-25(7-11)8-12-13(19)5-14(20)16(22)15(12)21/h1-7H,8H2,(H,24,26). The quantitative estimate of drug-likeness (QED) is 0.412. The summed E-state index contributed by atoms with van der Waals surface area (Å²) in [7, 11) is 0. The van der Waals surface area contributed by atoms with Gasteiger partial charge in [-0.05, 0) is 24.3 Å². The molecule has 4 nitrogen and oxygen atoms in total. The van der Waals surface area contributed by atoms with Crippen LogP contribution in [0.2, 0.25) is 5.02 Å². The van der Waals surface area contributed by atoms with Gasteiger partial charge in [0.25, 0.3) is 5.91 Å². The van der Waals surface area contributed by atoms with Crippen molar-refractivity contribution in [1.82, 2.24) is 9.78 Å². The molecule has 0 saturated carbocycles. The first-order valence-electron chi connectivity index (χ1n) is 7.26. The topological polar surface area (TPSA) is 46.9 Å². The van der Waals surface area contributed by atoms with E-state index in [0.29, 0.717) is 10.6 Å². The summed E-state index contributed by atoms with van der Waals surface area (Å²) in [6.45, 7) is -0.480. The molecule has 1 amide bonds. The summed E-state index contributed by atoms with van der Waals surface area (Å²) < 4.78 is 54.7. The minimum absolute atomic E-state index is 0.258. The molecule has 3 rings (SSSR count). The lowest BCUT2D eigenvalue weighted by Crippen LogP contribution is -2.11. The summed E-state index contributed by atoms with van der Waals surface area (Å²) in [5, 5.41) is 6.86. The van der Waals surface area contributed by atoms with E-state index in [1.807, 2.05) is 0 Å². The number of rotatable bonds is 4. The summed E-state index contributed by atoms with van der Waals surface area (Å²) in [6, 6.07) is 6.41. The Morgan fingerprint density at radius 2 is 1.77 bits per heavy atom. The molecule has 0 unspecified atom stereocenters. The molecule has 0 aliphatic rings. The number of anilines is 1. The van der Waals surface area contributed by atoms with Gasteiger partial charge in [0.15, 0.2) is 17.5 Å². The van der Waals surface area contributed by atoms with E-state index in [4.69, 9.17) is 11.6 Å². The fraction of sp³-hybridized carbons (Fsp3) is 0.0588. The third-order valence-electron chi connectivity index (χ3n) is 3.53. The Morgan fingerprint density at radius 3 is 2.46 bits per heavy atom. The lowest BCUT2D eigenvalue weighted by Gasteiger charge is -2.07. The summed E-state index contributed by atoms with van der Waals surface area (Å²) >= 11 is 5.75. The van der Waals surface area contributed by atoms with Gasteiger partial charge in [-0.25, -0.2) is 17.6 Å². The van der Waals surface area contributed by atoms with Crippen LogP contribution in [0.4, 0.5) is 23.2 Å². The van der Waals surface area contributed by atoms with E-state index < -0.39 is 41.3 Å². The Morgan fingerprint density at radius 1 is 1.08 bits per heavy atom. The highest BCUT2D eigenvalue weighted by Gasteiger charge is 2.19. The maximum Gasteiger partial charge on any atom is 0.255 e. The third kappa shape index (κ3) is 3.70. The molecule has 0 saturated heterocycles. The highest BCUT2D eigenvalue weighted by atomic mass is 35.5. The number of amides is 1. The Kier molecular flexibility index (Phi) is 4.94. The molecule has 134 valence electrons. The molecule has 0 aliphatic carbocycles. The zero-order valence-electron chi connectivity index (χ0n) is 12.9. The number of nitrogens with one attached hydrogen (secondary N) is 1. The normalized spacial score (nSPS) is 10.8. The predicted octanol–water partition coefficient (Wildman–Crippen LogP) is 4.39. The zero-order chi connectivity index (χ0) is 18.8. The lowest BCUT2D eigenvalue weighted by molar-refractivity contribution is 0.102. The Hall–Kier alpha value is -2.87. The average molecular weight is 384 g/mol. The van der Waals surface area contributed by atoms with Gasteiger partial charge in [0.05, 0.1) is 18.4 Å². The lowest BCUT2D eigenvalue weighted by atomic mass is 10.2. The van der Waals surface area contributed by atoms with Crippen LogP contribution in [0.15, 0.2) is 42.7 Å². The van der Waals surface area contributed by atoms with E-state index in [1.54, 1.807) is 12.1 Å². The molecule has 0 bridgehead atoms. The van der Waals surface area contributed by atoms with Crippen LogP contribution in [0.1, 0.15) is 15.9 Å². The first kappa shape index (κ1) is 17.9. The molecule has 1 aromatic heterocycles. The molecule has 1 N–H and O–H groups in total. The van der Waals surface area contributed by atoms with Crippen molar-refractivity contribution in [2.75, 3.05) is 5.32 Å². The second-order valence-electron chi connectivity index (χ2n) is 5.33. The number of halogens is 5. The number of benzene rings is 2. The molecule has 0 radical (unpaired) electrons. The van der Waals surface area contributed by atoms with Gasteiger partial charge in [0.2, 0.25) is 0 Å². The predicted molar refractivity (Wildman–Crippen MR) is 87.0 cm³/mol. The fourth-order valence-corrected chi connectivity index (χ4v) is 2.36. The van der Waals surface area contributed by atoms with Gasteiger partial charge in [-0.2, -0.15) is 5.10 Å². The highest BCUT2D eigenvalue weighted by molar-refractivity contribution is 6.30. The highest BCUT2D eigenvalue weighted by Crippen LogP contribution is 2.20. The first-order chi connectivity index (χ1) is 12.3. The van der Waals surface area contributed by atoms with E-state index in [-0.39, 0.29) is 11.8 Å². The van der Waals surface area contributed by atoms with Gasteiger partial charge in [0.1, 0.15) is 5.82 Å². The maximum atomic E-state index is 13.7. The molecule has 0 aliphatic heterocycles. The SMILES string of the molecule is O=C(Nc1cnn(Cc2c(F)cc(F)c(F)c2F)c1)c1ccc(Cl)cc1. The van der Waals surface area contributed by atoms with Crippen molar-refractivity contribution >= 4 is 23.2 Å². The van der Waals surface area contributed by atoms with Crippen molar-refractivity contribution in [2.45, 2.75) is 6.54 Å². The van der Waals surface area contributed by atoms with E-state index in [2.05, 4.69) is 10.4 Å². The second-order valence-corrected chi connectivity index (χ2v) is 5.77. The molecule has 1 heterocycles. The summed E-state index contributed by atoms with van der Waals surface area (Å²) in [5.74, 6) is -6.66. The van der Waals surface area contributed by atoms with E-state index in [0.717, 1.165) is 4.68 Å². The Labute approximate surface area is 150 Å². The molecule has 26 heavy (non-hydrogen) atoms. The van der Waals surface area contributed by atoms with Crippen molar-refractivity contribution in [3.8, 4) is 0 Å². The minimum atomic E-state index is -1.76. The van der Waals surface area contributed by atoms with Crippen LogP contribution in [-0.4, -0.2) is 15.7 Å². The first-order valence-corrected chi connectivity index (χ1v) is 7.64. The van der Waals surface area contributed by atoms with E-state index >= 15 is 0 Å². The minimum Gasteiger partial charge on any atom is -0.319 e. The molecule has 9 heteroatoms. The molecular formula is C17H10ClF4N3O. The van der Waals surface area contributed by atoms with Crippen LogP contribution in [0.5, 0.6) is 0 Å². The van der Waals surface area contributed by atoms with Crippen molar-refractivity contribution in [3.63, 3.8) is 0 Å². The van der Waals surface area contributed by atoms with Crippen molar-refractivity contribution in [2.24, 2.45) is 0 Å². The average Bonchev–Trinajstić information content (AvgIpc) is 3.04. The van der Waals surface area contributed by atoms with Crippen molar-refractivity contribution < 1.29 is 22.4 Å². The molecule has 0 fully saturated rings. The van der Waals surface area contributed by atoms with Gasteiger partial charge in [-0.1, -0.05) is 11.6 Å². The van der Waals surface area contributed by atoms with Crippen LogP contribution < -0.4 is 5.32 Å². The number of carbonyl (C=O) groups excluding carboxylic acids is 1. The second kappa shape index (κ2) is 7.17. The van der Waals surface area contributed by atoms with Crippen LogP contribution in [0.3, 0.4) is 0 Å². The molecular weight excluding hydrogens is 374 g/mol. The monoisotopic (exact) mass is 383 g/mol. The van der Waals surface area contributed by atoms with Gasteiger partial charge in [-0.15, -0.1) is 0 Å². The van der Waals surface area contributed by atoms with Crippen molar-refractivity contribution in [3.05, 3.63) is 82.1 Å². The van der Waals surface area contributed by atoms with Crippen molar-refractivity contribution in [1.29, 1.82) is 0 Å². The number of aromatic nitrogens is 2. The number of hydrogen-bond donors (Lipinski definition) is 1. The molecule has 0 atom stereocenters. The summed E-state index contributed by atoms with van der Waals surface area (Å²) in [5.41, 5.74) is -0.0734. The third-order valence-corrected chi connectivity index (χ3v) is 3.78. The maximum absolute atomic E-state index is 13.7. The Bertz CT molecular complexity index is 973.